The number of fused-ring (bicyclic) bond motifs is 1. The van der Waals surface area contributed by atoms with E-state index < -0.39 is 18.3 Å². The van der Waals surface area contributed by atoms with E-state index in [1.807, 2.05) is 0 Å². The number of carbonyl (C=O) groups excluding carboxylic acids is 1. The quantitative estimate of drug-likeness (QED) is 0.459. The topological polar surface area (TPSA) is 102 Å². The Morgan fingerprint density at radius 3 is 2.59 bits per heavy atom. The molecule has 3 atom stereocenters. The van der Waals surface area contributed by atoms with Crippen LogP contribution < -0.4 is 25.4 Å². The molecule has 3 aromatic rings. The zero-order valence-corrected chi connectivity index (χ0v) is 20.3. The number of halogens is 3. The molecule has 5 rings (SSSR count). The molecular formula is C25H27F3N6O3. The van der Waals surface area contributed by atoms with E-state index in [0.717, 1.165) is 17.6 Å². The van der Waals surface area contributed by atoms with Crippen LogP contribution in [0.5, 0.6) is 11.5 Å². The lowest BCUT2D eigenvalue weighted by Crippen LogP contribution is -2.36. The molecule has 1 fully saturated rings. The minimum Gasteiger partial charge on any atom is -0.493 e. The van der Waals surface area contributed by atoms with Crippen LogP contribution >= 0.6 is 0 Å². The maximum Gasteiger partial charge on any atom is 0.410 e. The number of hydrogen-bond donors (Lipinski definition) is 3. The van der Waals surface area contributed by atoms with Crippen molar-refractivity contribution in [2.75, 3.05) is 32.6 Å². The van der Waals surface area contributed by atoms with Gasteiger partial charge in [0.15, 0.2) is 17.5 Å². The SMILES string of the molecule is COc1ccc(C2CC(C(F)(F)F)n3nc(-c4ccc(C(=O)N[C@H]5CCNC5)nc4)cc3N2)cc1OC. The fraction of sp³-hybridized carbons (Fsp3) is 0.400. The highest BCUT2D eigenvalue weighted by atomic mass is 19.4. The summed E-state index contributed by atoms with van der Waals surface area (Å²) in [7, 11) is 2.97. The Labute approximate surface area is 211 Å². The van der Waals surface area contributed by atoms with Crippen LogP contribution in [0.2, 0.25) is 0 Å². The molecule has 1 aromatic carbocycles. The Kier molecular flexibility index (Phi) is 6.67. The molecule has 0 spiro atoms. The van der Waals surface area contributed by atoms with Crippen molar-refractivity contribution in [1.82, 2.24) is 25.4 Å². The highest BCUT2D eigenvalue weighted by Crippen LogP contribution is 2.45. The second-order valence-corrected chi connectivity index (χ2v) is 9.06. The van der Waals surface area contributed by atoms with Gasteiger partial charge in [-0.1, -0.05) is 6.07 Å². The number of hydrogen-bond acceptors (Lipinski definition) is 7. The first kappa shape index (κ1) is 24.9. The number of benzene rings is 1. The van der Waals surface area contributed by atoms with E-state index >= 15 is 0 Å². The number of aromatic nitrogens is 3. The van der Waals surface area contributed by atoms with Gasteiger partial charge < -0.3 is 25.4 Å². The Hall–Kier alpha value is -3.80. The summed E-state index contributed by atoms with van der Waals surface area (Å²) in [5, 5.41) is 13.5. The van der Waals surface area contributed by atoms with Crippen LogP contribution in [0.15, 0.2) is 42.6 Å². The van der Waals surface area contributed by atoms with Gasteiger partial charge in [-0.15, -0.1) is 0 Å². The molecule has 12 heteroatoms. The van der Waals surface area contributed by atoms with Crippen LogP contribution in [0.1, 0.15) is 41.0 Å². The van der Waals surface area contributed by atoms with Crippen LogP contribution in [-0.2, 0) is 0 Å². The Morgan fingerprint density at radius 2 is 1.95 bits per heavy atom. The van der Waals surface area contributed by atoms with Gasteiger partial charge in [-0.3, -0.25) is 9.78 Å². The van der Waals surface area contributed by atoms with Crippen molar-refractivity contribution in [3.8, 4) is 22.8 Å². The van der Waals surface area contributed by atoms with Crippen LogP contribution in [0.25, 0.3) is 11.3 Å². The molecular weight excluding hydrogens is 489 g/mol. The average Bonchev–Trinajstić information content (AvgIpc) is 3.57. The molecule has 9 nitrogen and oxygen atoms in total. The maximum absolute atomic E-state index is 14.1. The number of carbonyl (C=O) groups is 1. The third kappa shape index (κ3) is 5.06. The lowest BCUT2D eigenvalue weighted by molar-refractivity contribution is -0.173. The van der Waals surface area contributed by atoms with Crippen molar-refractivity contribution in [1.29, 1.82) is 0 Å². The second-order valence-electron chi connectivity index (χ2n) is 9.06. The number of nitrogens with zero attached hydrogens (tertiary/aromatic N) is 3. The van der Waals surface area contributed by atoms with Gasteiger partial charge in [0, 0.05) is 36.8 Å². The van der Waals surface area contributed by atoms with Gasteiger partial charge in [0.2, 0.25) is 0 Å². The Morgan fingerprint density at radius 1 is 1.14 bits per heavy atom. The van der Waals surface area contributed by atoms with Crippen LogP contribution in [-0.4, -0.2) is 60.2 Å². The number of alkyl halides is 3. The minimum absolute atomic E-state index is 0.0535. The van der Waals surface area contributed by atoms with Gasteiger partial charge in [-0.25, -0.2) is 4.68 Å². The Balaban J connectivity index is 1.40. The molecule has 0 saturated carbocycles. The predicted octanol–water partition coefficient (Wildman–Crippen LogP) is 3.71. The zero-order valence-electron chi connectivity index (χ0n) is 20.3. The van der Waals surface area contributed by atoms with Crippen molar-refractivity contribution in [2.45, 2.75) is 37.1 Å². The van der Waals surface area contributed by atoms with E-state index in [0.29, 0.717) is 34.9 Å². The van der Waals surface area contributed by atoms with E-state index in [9.17, 15) is 18.0 Å². The lowest BCUT2D eigenvalue weighted by Gasteiger charge is -2.33. The van der Waals surface area contributed by atoms with Gasteiger partial charge in [0.25, 0.3) is 5.91 Å². The van der Waals surface area contributed by atoms with Gasteiger partial charge in [0.1, 0.15) is 11.5 Å². The molecule has 4 heterocycles. The number of nitrogens with one attached hydrogen (secondary N) is 3. The predicted molar refractivity (Wildman–Crippen MR) is 130 cm³/mol. The van der Waals surface area contributed by atoms with Crippen LogP contribution in [0.3, 0.4) is 0 Å². The normalized spacial score (nSPS) is 21.2. The summed E-state index contributed by atoms with van der Waals surface area (Å²) in [5.74, 6) is 0.871. The highest BCUT2D eigenvalue weighted by molar-refractivity contribution is 5.92. The molecule has 2 aromatic heterocycles. The first-order valence-corrected chi connectivity index (χ1v) is 11.9. The third-order valence-corrected chi connectivity index (χ3v) is 6.69. The van der Waals surface area contributed by atoms with Gasteiger partial charge in [0.05, 0.1) is 26.0 Å². The van der Waals surface area contributed by atoms with Crippen molar-refractivity contribution < 1.29 is 27.4 Å². The van der Waals surface area contributed by atoms with Crippen molar-refractivity contribution in [3.63, 3.8) is 0 Å². The van der Waals surface area contributed by atoms with Crippen molar-refractivity contribution in [2.24, 2.45) is 0 Å². The second kappa shape index (κ2) is 9.92. The largest absolute Gasteiger partial charge is 0.493 e. The van der Waals surface area contributed by atoms with Crippen molar-refractivity contribution in [3.05, 3.63) is 53.9 Å². The fourth-order valence-corrected chi connectivity index (χ4v) is 4.72. The molecule has 2 unspecified atom stereocenters. The molecule has 2 aliphatic heterocycles. The van der Waals surface area contributed by atoms with Gasteiger partial charge >= 0.3 is 6.18 Å². The van der Waals surface area contributed by atoms with Gasteiger partial charge in [-0.2, -0.15) is 18.3 Å². The molecule has 0 radical (unpaired) electrons. The number of pyridine rings is 1. The molecule has 1 amide bonds. The molecule has 3 N–H and O–H groups in total. The van der Waals surface area contributed by atoms with Gasteiger partial charge in [-0.05, 0) is 42.8 Å². The molecule has 0 bridgehead atoms. The van der Waals surface area contributed by atoms with E-state index in [1.165, 1.54) is 20.4 Å². The van der Waals surface area contributed by atoms with E-state index in [4.69, 9.17) is 9.47 Å². The van der Waals surface area contributed by atoms with Crippen LogP contribution in [0.4, 0.5) is 19.0 Å². The number of methoxy groups -OCH3 is 2. The van der Waals surface area contributed by atoms with Crippen LogP contribution in [0, 0.1) is 0 Å². The molecule has 2 aliphatic rings. The summed E-state index contributed by atoms with van der Waals surface area (Å²) in [6, 6.07) is 7.41. The van der Waals surface area contributed by atoms with E-state index in [-0.39, 0.29) is 29.9 Å². The summed E-state index contributed by atoms with van der Waals surface area (Å²) in [5.41, 5.74) is 1.70. The number of amides is 1. The monoisotopic (exact) mass is 516 g/mol. The fourth-order valence-electron chi connectivity index (χ4n) is 4.72. The zero-order chi connectivity index (χ0) is 26.2. The lowest BCUT2D eigenvalue weighted by atomic mass is 9.96. The first-order valence-electron chi connectivity index (χ1n) is 11.9. The Bertz CT molecular complexity index is 1270. The summed E-state index contributed by atoms with van der Waals surface area (Å²) < 4.78 is 53.8. The summed E-state index contributed by atoms with van der Waals surface area (Å²) in [6.07, 6.45) is -2.46. The van der Waals surface area contributed by atoms with Crippen molar-refractivity contribution >= 4 is 11.7 Å². The molecule has 1 saturated heterocycles. The number of ether oxygens (including phenoxy) is 2. The van der Waals surface area contributed by atoms with E-state index in [2.05, 4.69) is 26.0 Å². The standard InChI is InChI=1S/C25H27F3N6O3/c1-36-20-6-4-14(9-21(20)37-2)18-10-22(25(26,27)28)34-23(32-18)11-19(33-34)15-3-5-17(30-12-15)24(35)31-16-7-8-29-13-16/h3-6,9,11-12,16,18,22,29,32H,7-8,10,13H2,1-2H3,(H,31,35)/t16-,18?,22?/m0/s1. The minimum atomic E-state index is -4.51. The molecule has 196 valence electrons. The summed E-state index contributed by atoms with van der Waals surface area (Å²) in [6.45, 7) is 1.56. The smallest absolute Gasteiger partial charge is 0.410 e. The maximum atomic E-state index is 14.1. The first-order chi connectivity index (χ1) is 17.8. The third-order valence-electron chi connectivity index (χ3n) is 6.69. The number of rotatable bonds is 6. The number of anilines is 1. The molecule has 37 heavy (non-hydrogen) atoms. The van der Waals surface area contributed by atoms with E-state index in [1.54, 1.807) is 36.4 Å². The highest BCUT2D eigenvalue weighted by Gasteiger charge is 2.46. The molecule has 0 aliphatic carbocycles. The summed E-state index contributed by atoms with van der Waals surface area (Å²) in [4.78, 5) is 16.7. The summed E-state index contributed by atoms with van der Waals surface area (Å²) >= 11 is 0. The average molecular weight is 517 g/mol.